The highest BCUT2D eigenvalue weighted by Gasteiger charge is 2.34. The number of aryl methyl sites for hydroxylation is 3. The van der Waals surface area contributed by atoms with Crippen molar-refractivity contribution in [2.24, 2.45) is 7.05 Å². The molecule has 9 heteroatoms. The number of nitrogens with two attached hydrogens (primary N) is 1. The van der Waals surface area contributed by atoms with Gasteiger partial charge in [-0.05, 0) is 89.5 Å². The zero-order valence-corrected chi connectivity index (χ0v) is 25.7. The monoisotopic (exact) mass is 554 g/mol. The maximum Gasteiger partial charge on any atom is 0.254 e. The molecule has 0 bridgehead atoms. The molecular weight excluding hydrogens is 516 g/mol. The molecule has 2 N–H and O–H groups in total. The highest BCUT2D eigenvalue weighted by atomic mass is 28.4. The summed E-state index contributed by atoms with van der Waals surface area (Å²) in [7, 11) is 0.157. The van der Waals surface area contributed by atoms with Crippen molar-refractivity contribution >= 4 is 41.8 Å². The van der Waals surface area contributed by atoms with Gasteiger partial charge in [-0.3, -0.25) is 14.5 Å². The molecule has 0 unspecified atom stereocenters. The topological polar surface area (TPSA) is 99.2 Å². The van der Waals surface area contributed by atoms with Crippen LogP contribution in [0.2, 0.25) is 19.6 Å². The summed E-state index contributed by atoms with van der Waals surface area (Å²) in [6.45, 7) is 14.9. The number of benzene rings is 1. The van der Waals surface area contributed by atoms with Gasteiger partial charge in [0.1, 0.15) is 11.4 Å². The van der Waals surface area contributed by atoms with Gasteiger partial charge in [0.2, 0.25) is 0 Å². The Morgan fingerprint density at radius 2 is 1.88 bits per heavy atom. The van der Waals surface area contributed by atoms with E-state index in [0.29, 0.717) is 17.9 Å². The van der Waals surface area contributed by atoms with Gasteiger partial charge in [0.25, 0.3) is 5.91 Å². The fraction of sp³-hybridized carbons (Fsp3) is 0.419. The van der Waals surface area contributed by atoms with Gasteiger partial charge in [0.15, 0.2) is 8.32 Å². The largest absolute Gasteiger partial charge is 0.402 e. The van der Waals surface area contributed by atoms with Gasteiger partial charge in [-0.25, -0.2) is 4.98 Å². The average Bonchev–Trinajstić information content (AvgIpc) is 3.61. The number of carbonyl (C=O) groups excluding carboxylic acids is 1. The second-order valence-corrected chi connectivity index (χ2v) is 16.8. The van der Waals surface area contributed by atoms with Crippen molar-refractivity contribution in [2.75, 3.05) is 5.73 Å². The Balaban J connectivity index is 1.43. The van der Waals surface area contributed by atoms with Gasteiger partial charge in [-0.15, -0.1) is 0 Å². The number of nitrogens with zero attached hydrogens (tertiary/aromatic N) is 5. The first-order valence-corrected chi connectivity index (χ1v) is 17.1. The van der Waals surface area contributed by atoms with Crippen LogP contribution >= 0.6 is 0 Å². The first-order chi connectivity index (χ1) is 18.7. The van der Waals surface area contributed by atoms with Crippen LogP contribution < -0.4 is 5.73 Å². The molecule has 4 aromatic rings. The summed E-state index contributed by atoms with van der Waals surface area (Å²) in [5.74, 6) is 6.99. The lowest BCUT2D eigenvalue weighted by Gasteiger charge is -2.28. The maximum absolute atomic E-state index is 14.0. The quantitative estimate of drug-likeness (QED) is 0.250. The van der Waals surface area contributed by atoms with Crippen molar-refractivity contribution in [1.82, 2.24) is 24.6 Å². The van der Waals surface area contributed by atoms with Gasteiger partial charge >= 0.3 is 0 Å². The molecule has 8 nitrogen and oxygen atoms in total. The molecule has 208 valence electrons. The Kier molecular flexibility index (Phi) is 6.97. The lowest BCUT2D eigenvalue weighted by atomic mass is 10.0. The van der Waals surface area contributed by atoms with Gasteiger partial charge in [-0.2, -0.15) is 5.10 Å². The summed E-state index contributed by atoms with van der Waals surface area (Å²) in [5.41, 5.74) is 11.6. The SMILES string of the molecule is Cc1cc(CN(C(=O)c2cc3c(cc2C)nc(N)c2cnn(C)c23)C2CC2)ncc1C#CC(C)(C)O[Si](C)(C)C. The summed E-state index contributed by atoms with van der Waals surface area (Å²) in [6.07, 6.45) is 5.53. The average molecular weight is 555 g/mol. The van der Waals surface area contributed by atoms with Crippen LogP contribution in [0.3, 0.4) is 0 Å². The minimum atomic E-state index is -1.72. The van der Waals surface area contributed by atoms with E-state index in [2.05, 4.69) is 41.6 Å². The standard InChI is InChI=1S/C31H38N6O2Si/c1-19-13-22(33-16-21(19)11-12-31(3,4)39-40(6,7)8)18-37(23-9-10-23)30(38)24-15-25-27(14-20(24)2)35-29(32)26-17-34-36(5)28(25)26/h13-17,23H,9-10,18H2,1-8H3,(H2,32,35). The number of aromatic nitrogens is 4. The van der Waals surface area contributed by atoms with Crippen LogP contribution in [-0.2, 0) is 18.0 Å². The number of rotatable bonds is 6. The van der Waals surface area contributed by atoms with Crippen molar-refractivity contribution in [2.45, 2.75) is 78.4 Å². The third-order valence-corrected chi connectivity index (χ3v) is 8.21. The third kappa shape index (κ3) is 5.74. The number of amides is 1. The van der Waals surface area contributed by atoms with Crippen LogP contribution in [0.5, 0.6) is 0 Å². The van der Waals surface area contributed by atoms with E-state index in [-0.39, 0.29) is 11.9 Å². The molecule has 1 aliphatic rings. The van der Waals surface area contributed by atoms with E-state index in [0.717, 1.165) is 57.0 Å². The predicted molar refractivity (Wildman–Crippen MR) is 162 cm³/mol. The van der Waals surface area contributed by atoms with Crippen LogP contribution in [0.15, 0.2) is 30.6 Å². The number of carbonyl (C=O) groups is 1. The molecule has 1 aromatic carbocycles. The van der Waals surface area contributed by atoms with Crippen molar-refractivity contribution in [3.8, 4) is 11.8 Å². The minimum absolute atomic E-state index is 0.00242. The highest BCUT2D eigenvalue weighted by molar-refractivity contribution is 6.69. The number of hydrogen-bond acceptors (Lipinski definition) is 6. The van der Waals surface area contributed by atoms with Gasteiger partial charge in [-0.1, -0.05) is 11.8 Å². The lowest BCUT2D eigenvalue weighted by molar-refractivity contribution is 0.0727. The van der Waals surface area contributed by atoms with E-state index in [4.69, 9.17) is 15.1 Å². The van der Waals surface area contributed by atoms with Crippen LogP contribution in [0.25, 0.3) is 21.8 Å². The van der Waals surface area contributed by atoms with E-state index < -0.39 is 13.9 Å². The molecule has 3 aromatic heterocycles. The Morgan fingerprint density at radius 1 is 1.15 bits per heavy atom. The smallest absolute Gasteiger partial charge is 0.254 e. The second-order valence-electron chi connectivity index (χ2n) is 12.3. The van der Waals surface area contributed by atoms with E-state index in [1.807, 2.05) is 64.0 Å². The number of anilines is 1. The molecule has 0 saturated heterocycles. The third-order valence-electron chi connectivity index (χ3n) is 7.09. The van der Waals surface area contributed by atoms with Crippen LogP contribution in [0, 0.1) is 25.7 Å². The number of hydrogen-bond donors (Lipinski definition) is 1. The first kappa shape index (κ1) is 27.8. The van der Waals surface area contributed by atoms with Crippen LogP contribution in [0.4, 0.5) is 5.82 Å². The number of fused-ring (bicyclic) bond motifs is 3. The molecule has 0 radical (unpaired) electrons. The Hall–Kier alpha value is -3.74. The molecule has 40 heavy (non-hydrogen) atoms. The molecule has 1 aliphatic carbocycles. The fourth-order valence-electron chi connectivity index (χ4n) is 5.26. The molecule has 3 heterocycles. The molecule has 1 fully saturated rings. The Morgan fingerprint density at radius 3 is 2.52 bits per heavy atom. The summed E-state index contributed by atoms with van der Waals surface area (Å²) in [6, 6.07) is 6.14. The Labute approximate surface area is 237 Å². The molecule has 5 rings (SSSR count). The van der Waals surface area contributed by atoms with Gasteiger partial charge < -0.3 is 15.1 Å². The summed E-state index contributed by atoms with van der Waals surface area (Å²) >= 11 is 0. The van der Waals surface area contributed by atoms with Crippen molar-refractivity contribution in [3.63, 3.8) is 0 Å². The minimum Gasteiger partial charge on any atom is -0.402 e. The summed E-state index contributed by atoms with van der Waals surface area (Å²) in [4.78, 5) is 25.2. The fourth-order valence-corrected chi connectivity index (χ4v) is 6.84. The molecule has 0 atom stereocenters. The van der Waals surface area contributed by atoms with Crippen LogP contribution in [0.1, 0.15) is 59.4 Å². The molecular formula is C31H38N6O2Si. The number of nitrogen functional groups attached to an aromatic ring is 1. The summed E-state index contributed by atoms with van der Waals surface area (Å²) < 4.78 is 8.00. The first-order valence-electron chi connectivity index (χ1n) is 13.7. The highest BCUT2D eigenvalue weighted by Crippen LogP contribution is 2.33. The van der Waals surface area contributed by atoms with Crippen LogP contribution in [-0.4, -0.2) is 50.5 Å². The Bertz CT molecular complexity index is 1700. The molecule has 1 amide bonds. The molecule has 0 spiro atoms. The van der Waals surface area contributed by atoms with Crippen molar-refractivity contribution in [3.05, 3.63) is 58.5 Å². The normalized spacial score (nSPS) is 13.9. The van der Waals surface area contributed by atoms with E-state index in [9.17, 15) is 4.79 Å². The zero-order valence-electron chi connectivity index (χ0n) is 24.7. The van der Waals surface area contributed by atoms with E-state index in [1.54, 1.807) is 10.9 Å². The van der Waals surface area contributed by atoms with E-state index >= 15 is 0 Å². The zero-order chi connectivity index (χ0) is 29.0. The molecule has 0 aliphatic heterocycles. The lowest BCUT2D eigenvalue weighted by Crippen LogP contribution is -2.37. The maximum atomic E-state index is 14.0. The summed E-state index contributed by atoms with van der Waals surface area (Å²) in [5, 5.41) is 6.02. The van der Waals surface area contributed by atoms with Crippen molar-refractivity contribution < 1.29 is 9.22 Å². The van der Waals surface area contributed by atoms with Gasteiger partial charge in [0.05, 0.1) is 34.9 Å². The van der Waals surface area contributed by atoms with Crippen molar-refractivity contribution in [1.29, 1.82) is 0 Å². The van der Waals surface area contributed by atoms with Gasteiger partial charge in [0, 0.05) is 35.8 Å². The molecule has 1 saturated carbocycles. The second kappa shape index (κ2) is 10.0. The number of pyridine rings is 2. The predicted octanol–water partition coefficient (Wildman–Crippen LogP) is 5.50. The van der Waals surface area contributed by atoms with E-state index in [1.165, 1.54) is 0 Å².